The van der Waals surface area contributed by atoms with E-state index in [1.165, 1.54) is 0 Å². The van der Waals surface area contributed by atoms with Crippen LogP contribution in [0.15, 0.2) is 12.2 Å². The lowest BCUT2D eigenvalue weighted by atomic mass is 9.51. The molecule has 0 saturated carbocycles. The van der Waals surface area contributed by atoms with Gasteiger partial charge in [-0.05, 0) is 68.3 Å². The quantitative estimate of drug-likeness (QED) is 0.411. The molecule has 0 aromatic rings. The summed E-state index contributed by atoms with van der Waals surface area (Å²) in [4.78, 5) is 0. The van der Waals surface area contributed by atoms with Gasteiger partial charge in [0, 0.05) is 0 Å². The number of rotatable bonds is 11. The highest BCUT2D eigenvalue weighted by Gasteiger charge is 2.52. The molecule has 2 atom stereocenters. The molecule has 2 heteroatoms. The van der Waals surface area contributed by atoms with Crippen molar-refractivity contribution in [1.29, 1.82) is 0 Å². The number of allylic oxidation sites excluding steroid dienone is 1. The Balaban J connectivity index is 6.10. The van der Waals surface area contributed by atoms with E-state index in [1.54, 1.807) is 6.92 Å². The summed E-state index contributed by atoms with van der Waals surface area (Å²) in [6.07, 6.45) is 5.23. The predicted molar refractivity (Wildman–Crippen MR) is 101 cm³/mol. The zero-order valence-electron chi connectivity index (χ0n) is 17.0. The van der Waals surface area contributed by atoms with Gasteiger partial charge in [-0.15, -0.1) is 0 Å². The van der Waals surface area contributed by atoms with Crippen molar-refractivity contribution < 1.29 is 9.50 Å². The van der Waals surface area contributed by atoms with E-state index >= 15 is 4.39 Å². The lowest BCUT2D eigenvalue weighted by Crippen LogP contribution is -2.49. The van der Waals surface area contributed by atoms with E-state index < -0.39 is 11.3 Å². The van der Waals surface area contributed by atoms with Crippen molar-refractivity contribution in [3.63, 3.8) is 0 Å². The van der Waals surface area contributed by atoms with Gasteiger partial charge in [0.1, 0.15) is 5.67 Å². The summed E-state index contributed by atoms with van der Waals surface area (Å²) in [5.41, 5.74) is -1.79. The monoisotopic (exact) mass is 328 g/mol. The minimum atomic E-state index is -1.36. The average molecular weight is 329 g/mol. The summed E-state index contributed by atoms with van der Waals surface area (Å²) in [6.45, 7) is 20.6. The van der Waals surface area contributed by atoms with E-state index in [0.29, 0.717) is 12.8 Å². The lowest BCUT2D eigenvalue weighted by molar-refractivity contribution is -0.0638. The summed E-state index contributed by atoms with van der Waals surface area (Å²) in [5.74, 6) is 0. The number of hydrogen-bond donors (Lipinski definition) is 1. The number of aliphatic hydroxyl groups is 1. The second-order valence-corrected chi connectivity index (χ2v) is 7.84. The third kappa shape index (κ3) is 4.18. The molecule has 0 aromatic heterocycles. The molecule has 0 rings (SSSR count). The van der Waals surface area contributed by atoms with Crippen molar-refractivity contribution in [1.82, 2.24) is 0 Å². The Morgan fingerprint density at radius 1 is 0.826 bits per heavy atom. The van der Waals surface area contributed by atoms with Crippen molar-refractivity contribution >= 4 is 0 Å². The Kier molecular flexibility index (Phi) is 8.01. The topological polar surface area (TPSA) is 20.2 Å². The Bertz CT molecular complexity index is 377. The maximum absolute atomic E-state index is 15.2. The molecule has 0 aliphatic carbocycles. The molecule has 0 fully saturated rings. The molecular weight excluding hydrogens is 287 g/mol. The fraction of sp³-hybridized carbons (Fsp3) is 0.905. The highest BCUT2D eigenvalue weighted by atomic mass is 19.1. The van der Waals surface area contributed by atoms with Gasteiger partial charge in [0.2, 0.25) is 0 Å². The molecule has 1 N–H and O–H groups in total. The maximum Gasteiger partial charge on any atom is 0.129 e. The molecule has 0 amide bonds. The number of hydrogen-bond acceptors (Lipinski definition) is 1. The molecule has 0 spiro atoms. The van der Waals surface area contributed by atoms with E-state index in [0.717, 1.165) is 37.7 Å². The number of alkyl halides is 1. The minimum absolute atomic E-state index is 0.170. The van der Waals surface area contributed by atoms with Gasteiger partial charge in [-0.25, -0.2) is 4.39 Å². The standard InChI is InChI=1S/C21H41FO/c1-10-18(8,16-20(23,12-3)13-4)21(14-5,15-6)17(7)19(9,22)11-2/h23H,7,10-16H2,1-6,8-9H3. The molecule has 0 bridgehead atoms. The van der Waals surface area contributed by atoms with Crippen molar-refractivity contribution in [2.45, 2.75) is 112 Å². The van der Waals surface area contributed by atoms with Gasteiger partial charge in [-0.2, -0.15) is 0 Å². The first-order valence-corrected chi connectivity index (χ1v) is 9.59. The van der Waals surface area contributed by atoms with Gasteiger partial charge < -0.3 is 5.11 Å². The molecule has 0 saturated heterocycles. The van der Waals surface area contributed by atoms with E-state index in [2.05, 4.69) is 34.3 Å². The van der Waals surface area contributed by atoms with Crippen molar-refractivity contribution in [3.8, 4) is 0 Å². The van der Waals surface area contributed by atoms with E-state index in [9.17, 15) is 5.11 Å². The zero-order chi connectivity index (χ0) is 18.5. The van der Waals surface area contributed by atoms with Gasteiger partial charge in [0.05, 0.1) is 5.60 Å². The summed E-state index contributed by atoms with van der Waals surface area (Å²) >= 11 is 0. The minimum Gasteiger partial charge on any atom is -0.390 e. The van der Waals surface area contributed by atoms with Crippen LogP contribution in [0.1, 0.15) is 100 Å². The van der Waals surface area contributed by atoms with E-state index in [1.807, 2.05) is 20.8 Å². The van der Waals surface area contributed by atoms with E-state index in [4.69, 9.17) is 0 Å². The fourth-order valence-corrected chi connectivity index (χ4v) is 4.47. The first-order valence-electron chi connectivity index (χ1n) is 9.59. The first kappa shape index (κ1) is 22.6. The fourth-order valence-electron chi connectivity index (χ4n) is 4.47. The maximum atomic E-state index is 15.2. The van der Waals surface area contributed by atoms with Crippen LogP contribution in [0.2, 0.25) is 0 Å². The van der Waals surface area contributed by atoms with Crippen LogP contribution in [-0.4, -0.2) is 16.4 Å². The van der Waals surface area contributed by atoms with Gasteiger partial charge in [-0.1, -0.05) is 55.0 Å². The molecule has 0 aliphatic rings. The summed E-state index contributed by atoms with van der Waals surface area (Å²) in [6, 6.07) is 0. The molecule has 138 valence electrons. The Morgan fingerprint density at radius 3 is 1.52 bits per heavy atom. The Hall–Kier alpha value is -0.370. The third-order valence-corrected chi connectivity index (χ3v) is 7.05. The smallest absolute Gasteiger partial charge is 0.129 e. The zero-order valence-corrected chi connectivity index (χ0v) is 17.0. The summed E-state index contributed by atoms with van der Waals surface area (Å²) < 4.78 is 15.2. The highest BCUT2D eigenvalue weighted by molar-refractivity contribution is 5.25. The largest absolute Gasteiger partial charge is 0.390 e. The molecule has 0 aromatic carbocycles. The van der Waals surface area contributed by atoms with Crippen LogP contribution in [0, 0.1) is 10.8 Å². The normalized spacial score (nSPS) is 18.3. The lowest BCUT2D eigenvalue weighted by Gasteiger charge is -2.54. The van der Waals surface area contributed by atoms with Crippen LogP contribution >= 0.6 is 0 Å². The second-order valence-electron chi connectivity index (χ2n) is 7.84. The van der Waals surface area contributed by atoms with Gasteiger partial charge in [0.25, 0.3) is 0 Å². The van der Waals surface area contributed by atoms with Gasteiger partial charge in [-0.3, -0.25) is 0 Å². The highest BCUT2D eigenvalue weighted by Crippen LogP contribution is 2.59. The SMILES string of the molecule is C=C(C(C)(F)CC)C(CC)(CC)C(C)(CC)CC(O)(CC)CC. The average Bonchev–Trinajstić information content (AvgIpc) is 2.55. The van der Waals surface area contributed by atoms with Crippen LogP contribution in [0.3, 0.4) is 0 Å². The molecule has 1 nitrogen and oxygen atoms in total. The molecular formula is C21H41FO. The molecule has 23 heavy (non-hydrogen) atoms. The first-order chi connectivity index (χ1) is 10.5. The van der Waals surface area contributed by atoms with Crippen LogP contribution in [0.5, 0.6) is 0 Å². The Morgan fingerprint density at radius 2 is 1.26 bits per heavy atom. The third-order valence-electron chi connectivity index (χ3n) is 7.05. The van der Waals surface area contributed by atoms with Gasteiger partial charge in [0.15, 0.2) is 0 Å². The van der Waals surface area contributed by atoms with Crippen LogP contribution < -0.4 is 0 Å². The molecule has 0 radical (unpaired) electrons. The molecule has 0 aliphatic heterocycles. The van der Waals surface area contributed by atoms with Crippen molar-refractivity contribution in [3.05, 3.63) is 12.2 Å². The Labute approximate surface area is 144 Å². The van der Waals surface area contributed by atoms with Crippen LogP contribution in [-0.2, 0) is 0 Å². The number of halogens is 1. The molecule has 0 heterocycles. The second kappa shape index (κ2) is 8.14. The van der Waals surface area contributed by atoms with Crippen molar-refractivity contribution in [2.75, 3.05) is 0 Å². The summed E-state index contributed by atoms with van der Waals surface area (Å²) in [5, 5.41) is 11.0. The van der Waals surface area contributed by atoms with Crippen molar-refractivity contribution in [2.24, 2.45) is 10.8 Å². The predicted octanol–water partition coefficient (Wildman–Crippen LogP) is 6.84. The van der Waals surface area contributed by atoms with E-state index in [-0.39, 0.29) is 10.8 Å². The van der Waals surface area contributed by atoms with Gasteiger partial charge >= 0.3 is 0 Å². The van der Waals surface area contributed by atoms with Crippen LogP contribution in [0.25, 0.3) is 0 Å². The molecule has 2 unspecified atom stereocenters. The summed E-state index contributed by atoms with van der Waals surface area (Å²) in [7, 11) is 0. The van der Waals surface area contributed by atoms with Crippen LogP contribution in [0.4, 0.5) is 4.39 Å².